The summed E-state index contributed by atoms with van der Waals surface area (Å²) in [5.74, 6) is 1.87. The number of ether oxygens (including phenoxy) is 1. The molecule has 0 radical (unpaired) electrons. The summed E-state index contributed by atoms with van der Waals surface area (Å²) in [6.45, 7) is 4.50. The van der Waals surface area contributed by atoms with Crippen molar-refractivity contribution in [3.8, 4) is 5.88 Å². The lowest BCUT2D eigenvalue weighted by Crippen LogP contribution is -2.05. The molecule has 2 aromatic rings. The Morgan fingerprint density at radius 1 is 1.21 bits per heavy atom. The second-order valence-corrected chi connectivity index (χ2v) is 5.47. The first-order valence-corrected chi connectivity index (χ1v) is 6.85. The second-order valence-electron chi connectivity index (χ2n) is 4.56. The van der Waals surface area contributed by atoms with Crippen LogP contribution in [0.4, 0.5) is 5.82 Å². The van der Waals surface area contributed by atoms with Gasteiger partial charge in [-0.3, -0.25) is 0 Å². The molecule has 19 heavy (non-hydrogen) atoms. The van der Waals surface area contributed by atoms with Crippen molar-refractivity contribution in [2.75, 3.05) is 5.73 Å². The summed E-state index contributed by atoms with van der Waals surface area (Å²) in [4.78, 5) is 8.52. The van der Waals surface area contributed by atoms with Gasteiger partial charge in [0.2, 0.25) is 5.88 Å². The number of anilines is 1. The Balaban J connectivity index is 2.08. The monoisotopic (exact) mass is 321 g/mol. The highest BCUT2D eigenvalue weighted by molar-refractivity contribution is 9.10. The van der Waals surface area contributed by atoms with E-state index >= 15 is 0 Å². The van der Waals surface area contributed by atoms with Gasteiger partial charge in [-0.1, -0.05) is 41.9 Å². The van der Waals surface area contributed by atoms with Gasteiger partial charge in [-0.15, -0.1) is 0 Å². The third-order valence-electron chi connectivity index (χ3n) is 2.56. The summed E-state index contributed by atoms with van der Waals surface area (Å²) in [5, 5.41) is 0. The topological polar surface area (TPSA) is 61.0 Å². The number of benzene rings is 1. The van der Waals surface area contributed by atoms with E-state index in [9.17, 15) is 0 Å². The molecule has 0 fully saturated rings. The fourth-order valence-electron chi connectivity index (χ4n) is 1.53. The Morgan fingerprint density at radius 2 is 1.89 bits per heavy atom. The van der Waals surface area contributed by atoms with Gasteiger partial charge in [-0.05, 0) is 17.7 Å². The van der Waals surface area contributed by atoms with Crippen LogP contribution in [0.25, 0.3) is 0 Å². The number of hydrogen-bond acceptors (Lipinski definition) is 4. The highest BCUT2D eigenvalue weighted by Crippen LogP contribution is 2.18. The highest BCUT2D eigenvalue weighted by atomic mass is 79.9. The molecule has 0 bridgehead atoms. The summed E-state index contributed by atoms with van der Waals surface area (Å²) in [6.07, 6.45) is 0. The molecular formula is C14H16BrN3O. The molecule has 0 spiro atoms. The molecule has 1 heterocycles. The van der Waals surface area contributed by atoms with Crippen LogP contribution in [-0.4, -0.2) is 9.97 Å². The van der Waals surface area contributed by atoms with E-state index in [0.717, 1.165) is 10.0 Å². The van der Waals surface area contributed by atoms with E-state index in [2.05, 4.69) is 25.9 Å². The lowest BCUT2D eigenvalue weighted by molar-refractivity contribution is 0.292. The third-order valence-corrected chi connectivity index (χ3v) is 3.08. The van der Waals surface area contributed by atoms with Gasteiger partial charge in [0.1, 0.15) is 18.2 Å². The van der Waals surface area contributed by atoms with E-state index in [-0.39, 0.29) is 5.92 Å². The van der Waals surface area contributed by atoms with Gasteiger partial charge in [0.15, 0.2) is 0 Å². The molecule has 0 aliphatic heterocycles. The third kappa shape index (κ3) is 3.92. The minimum Gasteiger partial charge on any atom is -0.473 e. The van der Waals surface area contributed by atoms with Crippen LogP contribution in [0.3, 0.4) is 0 Å². The molecule has 0 aliphatic rings. The minimum atomic E-state index is 0.221. The number of halogens is 1. The van der Waals surface area contributed by atoms with Crippen LogP contribution in [0.2, 0.25) is 0 Å². The van der Waals surface area contributed by atoms with Crippen LogP contribution < -0.4 is 10.5 Å². The van der Waals surface area contributed by atoms with Crippen molar-refractivity contribution < 1.29 is 4.74 Å². The molecule has 2 rings (SSSR count). The Bertz CT molecular complexity index is 555. The maximum absolute atomic E-state index is 5.75. The van der Waals surface area contributed by atoms with Crippen molar-refractivity contribution in [2.24, 2.45) is 0 Å². The number of hydrogen-bond donors (Lipinski definition) is 1. The molecule has 0 atom stereocenters. The van der Waals surface area contributed by atoms with Gasteiger partial charge >= 0.3 is 0 Å². The van der Waals surface area contributed by atoms with Gasteiger partial charge in [-0.2, -0.15) is 4.98 Å². The SMILES string of the molecule is CC(C)c1nc(N)cc(OCc2ccc(Br)cc2)n1. The molecule has 4 nitrogen and oxygen atoms in total. The molecule has 2 N–H and O–H groups in total. The van der Waals surface area contributed by atoms with Crippen LogP contribution in [0.1, 0.15) is 31.2 Å². The van der Waals surface area contributed by atoms with E-state index in [1.54, 1.807) is 6.07 Å². The van der Waals surface area contributed by atoms with Gasteiger partial charge in [-0.25, -0.2) is 4.98 Å². The molecule has 0 saturated carbocycles. The fourth-order valence-corrected chi connectivity index (χ4v) is 1.80. The maximum atomic E-state index is 5.75. The maximum Gasteiger partial charge on any atom is 0.219 e. The average molecular weight is 322 g/mol. The van der Waals surface area contributed by atoms with E-state index in [1.807, 2.05) is 38.1 Å². The Labute approximate surface area is 121 Å². The standard InChI is InChI=1S/C14H16BrN3O/c1-9(2)14-17-12(16)7-13(18-14)19-8-10-3-5-11(15)6-4-10/h3-7,9H,8H2,1-2H3,(H2,16,17,18). The van der Waals surface area contributed by atoms with Crippen molar-refractivity contribution in [1.29, 1.82) is 0 Å². The van der Waals surface area contributed by atoms with Crippen molar-refractivity contribution in [1.82, 2.24) is 9.97 Å². The van der Waals surface area contributed by atoms with E-state index in [1.165, 1.54) is 0 Å². The zero-order valence-electron chi connectivity index (χ0n) is 10.9. The quantitative estimate of drug-likeness (QED) is 0.935. The van der Waals surface area contributed by atoms with Gasteiger partial charge in [0.05, 0.1) is 0 Å². The van der Waals surface area contributed by atoms with Gasteiger partial charge in [0.25, 0.3) is 0 Å². The number of rotatable bonds is 4. The number of nitrogens with two attached hydrogens (primary N) is 1. The van der Waals surface area contributed by atoms with Gasteiger partial charge < -0.3 is 10.5 Å². The van der Waals surface area contributed by atoms with Crippen LogP contribution in [-0.2, 0) is 6.61 Å². The largest absolute Gasteiger partial charge is 0.473 e. The van der Waals surface area contributed by atoms with Crippen molar-refractivity contribution >= 4 is 21.7 Å². The smallest absolute Gasteiger partial charge is 0.219 e. The highest BCUT2D eigenvalue weighted by Gasteiger charge is 2.07. The van der Waals surface area contributed by atoms with E-state index in [0.29, 0.717) is 24.1 Å². The summed E-state index contributed by atoms with van der Waals surface area (Å²) < 4.78 is 6.70. The number of aromatic nitrogens is 2. The normalized spacial score (nSPS) is 10.7. The van der Waals surface area contributed by atoms with Crippen molar-refractivity contribution in [3.05, 3.63) is 46.2 Å². The number of nitrogen functional groups attached to an aromatic ring is 1. The molecule has 1 aromatic heterocycles. The molecular weight excluding hydrogens is 306 g/mol. The van der Waals surface area contributed by atoms with Crippen LogP contribution in [0, 0.1) is 0 Å². The molecule has 0 saturated heterocycles. The first kappa shape index (κ1) is 13.8. The Kier molecular flexibility index (Phi) is 4.37. The predicted molar refractivity (Wildman–Crippen MR) is 79.0 cm³/mol. The van der Waals surface area contributed by atoms with Crippen molar-refractivity contribution in [2.45, 2.75) is 26.4 Å². The molecule has 0 aliphatic carbocycles. The molecule has 5 heteroatoms. The average Bonchev–Trinajstić information content (AvgIpc) is 2.37. The first-order chi connectivity index (χ1) is 9.04. The lowest BCUT2D eigenvalue weighted by atomic mass is 10.2. The Morgan fingerprint density at radius 3 is 2.53 bits per heavy atom. The molecule has 100 valence electrons. The molecule has 1 aromatic carbocycles. The molecule has 0 unspecified atom stereocenters. The van der Waals surface area contributed by atoms with E-state index in [4.69, 9.17) is 10.5 Å². The van der Waals surface area contributed by atoms with Crippen LogP contribution in [0.5, 0.6) is 5.88 Å². The Hall–Kier alpha value is -1.62. The second kappa shape index (κ2) is 6.02. The summed E-state index contributed by atoms with van der Waals surface area (Å²) in [6, 6.07) is 9.60. The summed E-state index contributed by atoms with van der Waals surface area (Å²) >= 11 is 3.40. The van der Waals surface area contributed by atoms with Crippen molar-refractivity contribution in [3.63, 3.8) is 0 Å². The predicted octanol–water partition coefficient (Wildman–Crippen LogP) is 3.52. The van der Waals surface area contributed by atoms with Gasteiger partial charge in [0, 0.05) is 16.5 Å². The summed E-state index contributed by atoms with van der Waals surface area (Å²) in [5.41, 5.74) is 6.82. The fraction of sp³-hybridized carbons (Fsp3) is 0.286. The van der Waals surface area contributed by atoms with Crippen LogP contribution in [0.15, 0.2) is 34.8 Å². The van der Waals surface area contributed by atoms with E-state index < -0.39 is 0 Å². The summed E-state index contributed by atoms with van der Waals surface area (Å²) in [7, 11) is 0. The zero-order chi connectivity index (χ0) is 13.8. The first-order valence-electron chi connectivity index (χ1n) is 6.06. The minimum absolute atomic E-state index is 0.221. The lowest BCUT2D eigenvalue weighted by Gasteiger charge is -2.09. The van der Waals surface area contributed by atoms with Crippen LogP contribution >= 0.6 is 15.9 Å². The zero-order valence-corrected chi connectivity index (χ0v) is 12.5. The molecule has 0 amide bonds. The number of nitrogens with zero attached hydrogens (tertiary/aromatic N) is 2.